The molecule has 0 aliphatic carbocycles. The van der Waals surface area contributed by atoms with Crippen LogP contribution in [-0.4, -0.2) is 25.4 Å². The summed E-state index contributed by atoms with van der Waals surface area (Å²) in [5, 5.41) is 2.04. The van der Waals surface area contributed by atoms with Crippen LogP contribution >= 0.6 is 0 Å². The molecule has 106 valence electrons. The Morgan fingerprint density at radius 1 is 1.16 bits per heavy atom. The molecular weight excluding hydrogens is 273 g/mol. The predicted octanol–water partition coefficient (Wildman–Crippen LogP) is 2.80. The van der Waals surface area contributed by atoms with Crippen LogP contribution in [0.25, 0.3) is 0 Å². The number of hydrogen-bond acceptors (Lipinski definition) is 2. The van der Waals surface area contributed by atoms with Crippen LogP contribution in [-0.2, 0) is 11.2 Å². The van der Waals surface area contributed by atoms with Crippen molar-refractivity contribution in [1.29, 1.82) is 0 Å². The van der Waals surface area contributed by atoms with Crippen molar-refractivity contribution in [2.24, 2.45) is 0 Å². The molecule has 0 heterocycles. The van der Waals surface area contributed by atoms with Gasteiger partial charge in [0.05, 0.1) is 0 Å². The monoisotopic (exact) mass is 283 g/mol. The van der Waals surface area contributed by atoms with Crippen molar-refractivity contribution in [2.75, 3.05) is 13.2 Å². The molecule has 0 fully saturated rings. The number of alkyl carbamates (subject to hydrolysis) is 1. The summed E-state index contributed by atoms with van der Waals surface area (Å²) in [5.41, 5.74) is 0.272. The first-order valence-corrected chi connectivity index (χ1v) is 5.18. The van der Waals surface area contributed by atoms with Gasteiger partial charge < -0.3 is 10.1 Å². The molecule has 0 aliphatic rings. The van der Waals surface area contributed by atoms with Crippen LogP contribution < -0.4 is 5.32 Å². The minimum Gasteiger partial charge on any atom is -0.440 e. The SMILES string of the molecule is O=C(NCCc1cc(F)cc(F)c1)OCC(F)(F)F. The fraction of sp³-hybridized carbons (Fsp3) is 0.364. The smallest absolute Gasteiger partial charge is 0.422 e. The predicted molar refractivity (Wildman–Crippen MR) is 55.5 cm³/mol. The molecule has 1 aromatic rings. The van der Waals surface area contributed by atoms with Gasteiger partial charge in [0.2, 0.25) is 0 Å². The van der Waals surface area contributed by atoms with E-state index in [1.54, 1.807) is 0 Å². The highest BCUT2D eigenvalue weighted by Crippen LogP contribution is 2.14. The molecule has 0 spiro atoms. The Morgan fingerprint density at radius 2 is 1.74 bits per heavy atom. The van der Waals surface area contributed by atoms with Crippen molar-refractivity contribution in [2.45, 2.75) is 12.6 Å². The number of benzene rings is 1. The molecule has 0 bridgehead atoms. The van der Waals surface area contributed by atoms with Gasteiger partial charge in [-0.3, -0.25) is 0 Å². The highest BCUT2D eigenvalue weighted by atomic mass is 19.4. The van der Waals surface area contributed by atoms with E-state index in [1.807, 2.05) is 5.32 Å². The second-order valence-electron chi connectivity index (χ2n) is 3.65. The van der Waals surface area contributed by atoms with E-state index >= 15 is 0 Å². The summed E-state index contributed by atoms with van der Waals surface area (Å²) in [6, 6.07) is 2.81. The van der Waals surface area contributed by atoms with Crippen molar-refractivity contribution in [3.05, 3.63) is 35.4 Å². The summed E-state index contributed by atoms with van der Waals surface area (Å²) in [6.07, 6.45) is -5.77. The van der Waals surface area contributed by atoms with E-state index in [0.717, 1.165) is 12.1 Å². The molecule has 0 aromatic heterocycles. The maximum atomic E-state index is 12.8. The van der Waals surface area contributed by atoms with Crippen molar-refractivity contribution in [3.63, 3.8) is 0 Å². The normalized spacial score (nSPS) is 11.2. The minimum atomic E-state index is -4.59. The van der Waals surface area contributed by atoms with Crippen LogP contribution in [0, 0.1) is 11.6 Å². The van der Waals surface area contributed by atoms with Gasteiger partial charge in [0.25, 0.3) is 0 Å². The largest absolute Gasteiger partial charge is 0.440 e. The van der Waals surface area contributed by atoms with E-state index in [4.69, 9.17) is 0 Å². The van der Waals surface area contributed by atoms with Crippen LogP contribution in [0.4, 0.5) is 26.7 Å². The molecule has 1 aromatic carbocycles. The van der Waals surface area contributed by atoms with Crippen LogP contribution in [0.1, 0.15) is 5.56 Å². The maximum Gasteiger partial charge on any atom is 0.422 e. The van der Waals surface area contributed by atoms with Gasteiger partial charge in [-0.2, -0.15) is 13.2 Å². The molecule has 0 radical (unpaired) electrons. The zero-order valence-electron chi connectivity index (χ0n) is 9.56. The molecule has 1 N–H and O–H groups in total. The molecule has 0 saturated carbocycles. The van der Waals surface area contributed by atoms with Crippen LogP contribution in [0.3, 0.4) is 0 Å². The lowest BCUT2D eigenvalue weighted by Crippen LogP contribution is -2.30. The van der Waals surface area contributed by atoms with Gasteiger partial charge in [-0.25, -0.2) is 13.6 Å². The number of carbonyl (C=O) groups excluding carboxylic acids is 1. The Morgan fingerprint density at radius 3 is 2.26 bits per heavy atom. The minimum absolute atomic E-state index is 0.0653. The third kappa shape index (κ3) is 6.58. The number of amides is 1. The molecule has 1 amide bonds. The van der Waals surface area contributed by atoms with Gasteiger partial charge >= 0.3 is 12.3 Å². The van der Waals surface area contributed by atoms with Crippen LogP contribution in [0.2, 0.25) is 0 Å². The average molecular weight is 283 g/mol. The maximum absolute atomic E-state index is 12.8. The van der Waals surface area contributed by atoms with Crippen LogP contribution in [0.5, 0.6) is 0 Å². The molecule has 8 heteroatoms. The summed E-state index contributed by atoms with van der Waals surface area (Å²) < 4.78 is 64.6. The Hall–Kier alpha value is -1.86. The lowest BCUT2D eigenvalue weighted by molar-refractivity contribution is -0.160. The molecule has 0 aliphatic heterocycles. The van der Waals surface area contributed by atoms with Crippen molar-refractivity contribution in [3.8, 4) is 0 Å². The van der Waals surface area contributed by atoms with Gasteiger partial charge in [-0.05, 0) is 24.1 Å². The number of hydrogen-bond donors (Lipinski definition) is 1. The lowest BCUT2D eigenvalue weighted by atomic mass is 10.1. The molecule has 0 saturated heterocycles. The van der Waals surface area contributed by atoms with Gasteiger partial charge in [0, 0.05) is 12.6 Å². The van der Waals surface area contributed by atoms with E-state index in [9.17, 15) is 26.7 Å². The number of alkyl halides is 3. The Kier molecular flexibility index (Phi) is 5.08. The highest BCUT2D eigenvalue weighted by molar-refractivity contribution is 5.67. The Labute approximate surface area is 105 Å². The quantitative estimate of drug-likeness (QED) is 0.863. The molecule has 0 unspecified atom stereocenters. The van der Waals surface area contributed by atoms with Crippen molar-refractivity contribution < 1.29 is 31.5 Å². The molecular formula is C11H10F5NO2. The summed E-state index contributed by atoms with van der Waals surface area (Å²) in [6.45, 7) is -1.78. The van der Waals surface area contributed by atoms with Gasteiger partial charge in [-0.15, -0.1) is 0 Å². The van der Waals surface area contributed by atoms with Crippen LogP contribution in [0.15, 0.2) is 18.2 Å². The second-order valence-corrected chi connectivity index (χ2v) is 3.65. The molecule has 3 nitrogen and oxygen atoms in total. The number of ether oxygens (including phenoxy) is 1. The zero-order chi connectivity index (χ0) is 14.5. The van der Waals surface area contributed by atoms with Gasteiger partial charge in [-0.1, -0.05) is 0 Å². The number of carbonyl (C=O) groups is 1. The van der Waals surface area contributed by atoms with E-state index in [2.05, 4.69) is 4.74 Å². The second kappa shape index (κ2) is 6.35. The van der Waals surface area contributed by atoms with Crippen molar-refractivity contribution >= 4 is 6.09 Å². The third-order valence-electron chi connectivity index (χ3n) is 1.97. The van der Waals surface area contributed by atoms with E-state index in [0.29, 0.717) is 6.07 Å². The fourth-order valence-electron chi connectivity index (χ4n) is 1.26. The molecule has 19 heavy (non-hydrogen) atoms. The van der Waals surface area contributed by atoms with E-state index in [-0.39, 0.29) is 18.5 Å². The number of rotatable bonds is 4. The molecule has 1 rings (SSSR count). The van der Waals surface area contributed by atoms with Gasteiger partial charge in [0.1, 0.15) is 11.6 Å². The summed E-state index contributed by atoms with van der Waals surface area (Å²) >= 11 is 0. The average Bonchev–Trinajstić information content (AvgIpc) is 2.24. The van der Waals surface area contributed by atoms with Crippen molar-refractivity contribution in [1.82, 2.24) is 5.32 Å². The number of nitrogens with one attached hydrogen (secondary N) is 1. The fourth-order valence-corrected chi connectivity index (χ4v) is 1.26. The summed E-state index contributed by atoms with van der Waals surface area (Å²) in [7, 11) is 0. The Balaban J connectivity index is 2.32. The standard InChI is InChI=1S/C11H10F5NO2/c12-8-3-7(4-9(13)5-8)1-2-17-10(18)19-6-11(14,15)16/h3-5H,1-2,6H2,(H,17,18). The highest BCUT2D eigenvalue weighted by Gasteiger charge is 2.29. The third-order valence-corrected chi connectivity index (χ3v) is 1.97. The topological polar surface area (TPSA) is 38.3 Å². The lowest BCUT2D eigenvalue weighted by Gasteiger charge is -2.09. The first-order chi connectivity index (χ1) is 8.76. The van der Waals surface area contributed by atoms with E-state index < -0.39 is 30.5 Å². The Bertz CT molecular complexity index is 427. The number of halogens is 5. The molecule has 0 atom stereocenters. The summed E-state index contributed by atoms with van der Waals surface area (Å²) in [4.78, 5) is 10.8. The first-order valence-electron chi connectivity index (χ1n) is 5.18. The first kappa shape index (κ1) is 15.2. The summed E-state index contributed by atoms with van der Waals surface area (Å²) in [5.74, 6) is -1.54. The van der Waals surface area contributed by atoms with E-state index in [1.165, 1.54) is 0 Å². The van der Waals surface area contributed by atoms with Gasteiger partial charge in [0.15, 0.2) is 6.61 Å². The zero-order valence-corrected chi connectivity index (χ0v) is 9.56.